The van der Waals surface area contributed by atoms with E-state index in [4.69, 9.17) is 0 Å². The molecule has 0 radical (unpaired) electrons. The Morgan fingerprint density at radius 1 is 0.538 bits per heavy atom. The minimum atomic E-state index is -1.92. The van der Waals surface area contributed by atoms with Crippen LogP contribution >= 0.6 is 7.26 Å². The quantitative estimate of drug-likeness (QED) is 0.151. The van der Waals surface area contributed by atoms with Crippen LogP contribution in [-0.4, -0.2) is 6.16 Å². The molecule has 0 spiro atoms. The van der Waals surface area contributed by atoms with E-state index in [1.165, 1.54) is 43.8 Å². The van der Waals surface area contributed by atoms with E-state index in [1.807, 2.05) is 0 Å². The Labute approximate surface area is 239 Å². The number of benzene rings is 3. The van der Waals surface area contributed by atoms with Gasteiger partial charge in [0.2, 0.25) is 0 Å². The van der Waals surface area contributed by atoms with Crippen molar-refractivity contribution in [3.05, 3.63) is 137 Å². The van der Waals surface area contributed by atoms with Crippen molar-refractivity contribution in [2.75, 3.05) is 6.16 Å². The molecule has 1 heteroatoms. The van der Waals surface area contributed by atoms with Crippen LogP contribution in [0, 0.1) is 0 Å². The van der Waals surface area contributed by atoms with Gasteiger partial charge in [-0.1, -0.05) is 95.1 Å². The first kappa shape index (κ1) is 30.6. The highest BCUT2D eigenvalue weighted by Crippen LogP contribution is 2.56. The van der Waals surface area contributed by atoms with E-state index in [0.29, 0.717) is 0 Å². The third-order valence-electron chi connectivity index (χ3n) is 7.36. The van der Waals surface area contributed by atoms with Crippen LogP contribution in [0.5, 0.6) is 0 Å². The Morgan fingerprint density at radius 2 is 1.00 bits per heavy atom. The molecule has 0 heterocycles. The zero-order valence-electron chi connectivity index (χ0n) is 25.1. The molecule has 0 nitrogen and oxygen atoms in total. The van der Waals surface area contributed by atoms with E-state index >= 15 is 0 Å². The maximum Gasteiger partial charge on any atom is 0.116 e. The van der Waals surface area contributed by atoms with Crippen LogP contribution in [0.3, 0.4) is 0 Å². The summed E-state index contributed by atoms with van der Waals surface area (Å²) in [4.78, 5) is 0. The van der Waals surface area contributed by atoms with E-state index in [0.717, 1.165) is 38.3 Å². The summed E-state index contributed by atoms with van der Waals surface area (Å²) in [5.74, 6) is 0. The highest BCUT2D eigenvalue weighted by molar-refractivity contribution is 7.95. The van der Waals surface area contributed by atoms with Gasteiger partial charge in [-0.3, -0.25) is 0 Å². The first-order valence-electron chi connectivity index (χ1n) is 14.5. The van der Waals surface area contributed by atoms with Crippen molar-refractivity contribution in [2.24, 2.45) is 0 Å². The van der Waals surface area contributed by atoms with Gasteiger partial charge in [0.25, 0.3) is 0 Å². The molecule has 204 valence electrons. The standard InChI is InChI=1S/C38H48P/c1-31(2)17-15-19-33(5)27-28-35-21-13-14-26-38(35)39(36-22-9-7-10-23-36,37-24-11-8-12-25-37)30-29-34(6)20-16-18-32(3)4/h7-14,17-18,21-27,29H,15-16,19-20,28,30H2,1-6H3/q+1/b33-27+,34-29+. The fourth-order valence-electron chi connectivity index (χ4n) is 5.12. The van der Waals surface area contributed by atoms with Crippen LogP contribution in [0.1, 0.15) is 72.8 Å². The van der Waals surface area contributed by atoms with Gasteiger partial charge < -0.3 is 0 Å². The van der Waals surface area contributed by atoms with E-state index < -0.39 is 7.26 Å². The minimum Gasteiger partial charge on any atom is -0.0856 e. The van der Waals surface area contributed by atoms with Gasteiger partial charge in [-0.2, -0.15) is 0 Å². The minimum absolute atomic E-state index is 0.974. The van der Waals surface area contributed by atoms with Crippen molar-refractivity contribution in [3.8, 4) is 0 Å². The lowest BCUT2D eigenvalue weighted by Gasteiger charge is -2.28. The number of rotatable bonds is 13. The van der Waals surface area contributed by atoms with Gasteiger partial charge in [0.1, 0.15) is 23.2 Å². The first-order chi connectivity index (χ1) is 18.8. The summed E-state index contributed by atoms with van der Waals surface area (Å²) in [6.07, 6.45) is 16.2. The average molecular weight is 536 g/mol. The van der Waals surface area contributed by atoms with Crippen LogP contribution in [0.25, 0.3) is 0 Å². The summed E-state index contributed by atoms with van der Waals surface area (Å²) in [6.45, 7) is 13.3. The van der Waals surface area contributed by atoms with Gasteiger partial charge in [0.05, 0.1) is 6.16 Å². The van der Waals surface area contributed by atoms with Crippen molar-refractivity contribution in [3.63, 3.8) is 0 Å². The maximum atomic E-state index is 2.55. The lowest BCUT2D eigenvalue weighted by molar-refractivity contribution is 0.956. The molecule has 0 saturated heterocycles. The van der Waals surface area contributed by atoms with Crippen LogP contribution < -0.4 is 15.9 Å². The topological polar surface area (TPSA) is 0 Å². The Balaban J connectivity index is 2.11. The van der Waals surface area contributed by atoms with Crippen molar-refractivity contribution in [1.82, 2.24) is 0 Å². The van der Waals surface area contributed by atoms with E-state index in [1.54, 1.807) is 0 Å². The molecule has 3 rings (SSSR count). The van der Waals surface area contributed by atoms with Crippen molar-refractivity contribution >= 4 is 23.2 Å². The highest BCUT2D eigenvalue weighted by atomic mass is 31.2. The molecule has 0 saturated carbocycles. The predicted molar refractivity (Wildman–Crippen MR) is 179 cm³/mol. The zero-order chi connectivity index (χ0) is 28.1. The zero-order valence-corrected chi connectivity index (χ0v) is 26.0. The molecule has 0 unspecified atom stereocenters. The summed E-state index contributed by atoms with van der Waals surface area (Å²) in [6, 6.07) is 31.9. The Hall–Kier alpha value is -2.95. The maximum absolute atomic E-state index is 2.55. The lowest BCUT2D eigenvalue weighted by Crippen LogP contribution is -2.34. The monoisotopic (exact) mass is 535 g/mol. The van der Waals surface area contributed by atoms with Crippen molar-refractivity contribution in [1.29, 1.82) is 0 Å². The Morgan fingerprint density at radius 3 is 1.51 bits per heavy atom. The largest absolute Gasteiger partial charge is 0.116 e. The molecule has 0 bridgehead atoms. The van der Waals surface area contributed by atoms with Crippen LogP contribution in [0.2, 0.25) is 0 Å². The molecule has 0 N–H and O–H groups in total. The molecule has 0 aromatic heterocycles. The van der Waals surface area contributed by atoms with Crippen molar-refractivity contribution < 1.29 is 0 Å². The molecule has 3 aromatic rings. The summed E-state index contributed by atoms with van der Waals surface area (Å²) in [5, 5.41) is 4.44. The van der Waals surface area contributed by atoms with Gasteiger partial charge in [-0.25, -0.2) is 0 Å². The average Bonchev–Trinajstić information content (AvgIpc) is 2.93. The third-order valence-corrected chi connectivity index (χ3v) is 11.7. The molecule has 3 aromatic carbocycles. The summed E-state index contributed by atoms with van der Waals surface area (Å²) in [5.41, 5.74) is 7.21. The fraction of sp³-hybridized carbons (Fsp3) is 0.316. The molecule has 39 heavy (non-hydrogen) atoms. The van der Waals surface area contributed by atoms with E-state index in [9.17, 15) is 0 Å². The SMILES string of the molecule is CC(C)=CCC/C(C)=C/Cc1ccccc1[P+](C/C=C(\C)CCC=C(C)C)(c1ccccc1)c1ccccc1. The summed E-state index contributed by atoms with van der Waals surface area (Å²) >= 11 is 0. The molecule has 0 fully saturated rings. The van der Waals surface area contributed by atoms with E-state index in [2.05, 4.69) is 151 Å². The van der Waals surface area contributed by atoms with Gasteiger partial charge in [-0.05, 0) is 116 Å². The Kier molecular flexibility index (Phi) is 12.2. The number of hydrogen-bond donors (Lipinski definition) is 0. The van der Waals surface area contributed by atoms with E-state index in [-0.39, 0.29) is 0 Å². The normalized spacial score (nSPS) is 12.3. The second-order valence-corrected chi connectivity index (χ2v) is 14.7. The molecule has 0 aliphatic rings. The number of allylic oxidation sites excluding steroid dienone is 8. The van der Waals surface area contributed by atoms with Gasteiger partial charge in [0.15, 0.2) is 0 Å². The second kappa shape index (κ2) is 15.6. The molecule has 0 amide bonds. The Bertz CT molecular complexity index is 1240. The van der Waals surface area contributed by atoms with Gasteiger partial charge in [-0.15, -0.1) is 0 Å². The summed E-state index contributed by atoms with van der Waals surface area (Å²) in [7, 11) is -1.92. The molecular formula is C38H48P+. The molecule has 0 aliphatic carbocycles. The van der Waals surface area contributed by atoms with Crippen LogP contribution in [-0.2, 0) is 6.42 Å². The van der Waals surface area contributed by atoms with Gasteiger partial charge >= 0.3 is 0 Å². The summed E-state index contributed by atoms with van der Waals surface area (Å²) < 4.78 is 0. The highest BCUT2D eigenvalue weighted by Gasteiger charge is 2.45. The van der Waals surface area contributed by atoms with Crippen LogP contribution in [0.4, 0.5) is 0 Å². The van der Waals surface area contributed by atoms with Crippen molar-refractivity contribution in [2.45, 2.75) is 73.6 Å². The lowest BCUT2D eigenvalue weighted by atomic mass is 10.1. The first-order valence-corrected chi connectivity index (χ1v) is 16.5. The molecular weight excluding hydrogens is 487 g/mol. The second-order valence-electron chi connectivity index (χ2n) is 11.2. The fourth-order valence-corrected chi connectivity index (χ4v) is 9.53. The molecule has 0 aliphatic heterocycles. The van der Waals surface area contributed by atoms with Gasteiger partial charge in [0, 0.05) is 0 Å². The smallest absolute Gasteiger partial charge is 0.0856 e. The van der Waals surface area contributed by atoms with Crippen LogP contribution in [0.15, 0.2) is 132 Å². The predicted octanol–water partition coefficient (Wildman–Crippen LogP) is 9.91. The molecule has 0 atom stereocenters. The third kappa shape index (κ3) is 9.05. The number of hydrogen-bond acceptors (Lipinski definition) is 0.